The van der Waals surface area contributed by atoms with Crippen molar-refractivity contribution in [2.75, 3.05) is 27.7 Å². The fourth-order valence-corrected chi connectivity index (χ4v) is 2.83. The molecular weight excluding hydrogens is 288 g/mol. The third-order valence-corrected chi connectivity index (χ3v) is 4.42. The van der Waals surface area contributed by atoms with Crippen molar-refractivity contribution in [3.05, 3.63) is 46.8 Å². The number of methoxy groups -OCH3 is 1. The van der Waals surface area contributed by atoms with Gasteiger partial charge in [-0.3, -0.25) is 4.68 Å². The van der Waals surface area contributed by atoms with E-state index in [0.717, 1.165) is 24.5 Å². The fraction of sp³-hybridized carbons (Fsp3) is 0.500. The van der Waals surface area contributed by atoms with Gasteiger partial charge in [-0.25, -0.2) is 0 Å². The number of likely N-dealkylation sites (N-methyl/N-ethyl adjacent to an activating group) is 1. The maximum Gasteiger partial charge on any atom is 0.118 e. The standard InChI is InChI=1S/C18H28N4O/c1-13-17(14(2)22(5)20-13)11-19-12-18(21(3)4)15-7-9-16(23-6)10-8-15/h7-10,18-19H,11-12H2,1-6H3. The van der Waals surface area contributed by atoms with Crippen molar-refractivity contribution in [1.82, 2.24) is 20.0 Å². The number of hydrogen-bond acceptors (Lipinski definition) is 4. The van der Waals surface area contributed by atoms with Gasteiger partial charge < -0.3 is 15.0 Å². The lowest BCUT2D eigenvalue weighted by atomic mass is 10.1. The molecule has 0 fully saturated rings. The number of nitrogens with one attached hydrogen (secondary N) is 1. The molecule has 0 bridgehead atoms. The monoisotopic (exact) mass is 316 g/mol. The van der Waals surface area contributed by atoms with E-state index in [2.05, 4.69) is 55.4 Å². The highest BCUT2D eigenvalue weighted by Crippen LogP contribution is 2.21. The lowest BCUT2D eigenvalue weighted by molar-refractivity contribution is 0.288. The Morgan fingerprint density at radius 2 is 1.87 bits per heavy atom. The molecule has 23 heavy (non-hydrogen) atoms. The minimum absolute atomic E-state index is 0.318. The van der Waals surface area contributed by atoms with E-state index < -0.39 is 0 Å². The van der Waals surface area contributed by atoms with E-state index in [0.29, 0.717) is 6.04 Å². The molecule has 2 aromatic rings. The Morgan fingerprint density at radius 1 is 1.22 bits per heavy atom. The summed E-state index contributed by atoms with van der Waals surface area (Å²) in [6.07, 6.45) is 0. The average molecular weight is 316 g/mol. The van der Waals surface area contributed by atoms with Crippen LogP contribution in [-0.2, 0) is 13.6 Å². The number of nitrogens with zero attached hydrogens (tertiary/aromatic N) is 3. The van der Waals surface area contributed by atoms with Gasteiger partial charge in [0.1, 0.15) is 5.75 Å². The zero-order valence-electron chi connectivity index (χ0n) is 15.1. The highest BCUT2D eigenvalue weighted by molar-refractivity contribution is 5.29. The molecule has 5 heteroatoms. The molecule has 0 amide bonds. The Bertz CT molecular complexity index is 631. The Hall–Kier alpha value is -1.85. The van der Waals surface area contributed by atoms with Gasteiger partial charge in [-0.15, -0.1) is 0 Å². The number of benzene rings is 1. The van der Waals surface area contributed by atoms with Crippen LogP contribution in [0, 0.1) is 13.8 Å². The van der Waals surface area contributed by atoms with Crippen molar-refractivity contribution < 1.29 is 4.74 Å². The van der Waals surface area contributed by atoms with Crippen LogP contribution in [0.25, 0.3) is 0 Å². The molecule has 0 aliphatic heterocycles. The van der Waals surface area contributed by atoms with Gasteiger partial charge in [-0.1, -0.05) is 12.1 Å². The molecule has 0 saturated carbocycles. The van der Waals surface area contributed by atoms with Crippen LogP contribution in [-0.4, -0.2) is 42.4 Å². The second-order valence-corrected chi connectivity index (χ2v) is 6.16. The maximum absolute atomic E-state index is 5.24. The first-order chi connectivity index (χ1) is 10.9. The predicted molar refractivity (Wildman–Crippen MR) is 93.8 cm³/mol. The van der Waals surface area contributed by atoms with Gasteiger partial charge in [0.15, 0.2) is 0 Å². The van der Waals surface area contributed by atoms with Gasteiger partial charge in [-0.2, -0.15) is 5.10 Å². The fourth-order valence-electron chi connectivity index (χ4n) is 2.83. The highest BCUT2D eigenvalue weighted by atomic mass is 16.5. The van der Waals surface area contributed by atoms with E-state index in [4.69, 9.17) is 4.74 Å². The number of hydrogen-bond donors (Lipinski definition) is 1. The lowest BCUT2D eigenvalue weighted by Crippen LogP contribution is -2.31. The molecule has 5 nitrogen and oxygen atoms in total. The lowest BCUT2D eigenvalue weighted by Gasteiger charge is -2.25. The first kappa shape index (κ1) is 17.5. The summed E-state index contributed by atoms with van der Waals surface area (Å²) in [5.41, 5.74) is 4.90. The first-order valence-corrected chi connectivity index (χ1v) is 7.94. The Kier molecular flexibility index (Phi) is 5.80. The Morgan fingerprint density at radius 3 is 2.35 bits per heavy atom. The summed E-state index contributed by atoms with van der Waals surface area (Å²) in [6.45, 7) is 5.90. The smallest absolute Gasteiger partial charge is 0.118 e. The summed E-state index contributed by atoms with van der Waals surface area (Å²) in [5.74, 6) is 0.890. The summed E-state index contributed by atoms with van der Waals surface area (Å²) in [6, 6.07) is 8.61. The summed E-state index contributed by atoms with van der Waals surface area (Å²) in [4.78, 5) is 2.23. The normalized spacial score (nSPS) is 12.7. The SMILES string of the molecule is COc1ccc(C(CNCc2c(C)nn(C)c2C)N(C)C)cc1. The molecule has 0 spiro atoms. The van der Waals surface area contributed by atoms with Gasteiger partial charge in [0, 0.05) is 37.4 Å². The molecule has 1 atom stereocenters. The summed E-state index contributed by atoms with van der Waals surface area (Å²) in [7, 11) is 7.90. The van der Waals surface area contributed by atoms with Crippen LogP contribution in [0.3, 0.4) is 0 Å². The van der Waals surface area contributed by atoms with E-state index in [-0.39, 0.29) is 0 Å². The molecule has 1 heterocycles. The molecule has 0 aliphatic rings. The van der Waals surface area contributed by atoms with Crippen molar-refractivity contribution in [3.8, 4) is 5.75 Å². The number of aryl methyl sites for hydroxylation is 2. The van der Waals surface area contributed by atoms with Crippen molar-refractivity contribution in [2.45, 2.75) is 26.4 Å². The molecular formula is C18H28N4O. The number of ether oxygens (including phenoxy) is 1. The highest BCUT2D eigenvalue weighted by Gasteiger charge is 2.15. The van der Waals surface area contributed by atoms with Crippen LogP contribution in [0.15, 0.2) is 24.3 Å². The number of aromatic nitrogens is 2. The summed E-state index contributed by atoms with van der Waals surface area (Å²) in [5, 5.41) is 8.05. The molecule has 0 radical (unpaired) electrons. The van der Waals surface area contributed by atoms with Crippen molar-refractivity contribution in [1.29, 1.82) is 0 Å². The minimum Gasteiger partial charge on any atom is -0.497 e. The molecule has 1 aromatic carbocycles. The third kappa shape index (κ3) is 4.12. The molecule has 0 aliphatic carbocycles. The minimum atomic E-state index is 0.318. The number of rotatable bonds is 7. The van der Waals surface area contributed by atoms with Gasteiger partial charge in [0.05, 0.1) is 12.8 Å². The van der Waals surface area contributed by atoms with E-state index in [1.54, 1.807) is 7.11 Å². The molecule has 126 valence electrons. The van der Waals surface area contributed by atoms with Crippen LogP contribution < -0.4 is 10.1 Å². The second-order valence-electron chi connectivity index (χ2n) is 6.16. The Labute approximate surface area is 139 Å². The largest absolute Gasteiger partial charge is 0.497 e. The van der Waals surface area contributed by atoms with Gasteiger partial charge >= 0.3 is 0 Å². The molecule has 2 rings (SSSR count). The Balaban J connectivity index is 2.02. The zero-order chi connectivity index (χ0) is 17.0. The molecule has 1 aromatic heterocycles. The van der Waals surface area contributed by atoms with Gasteiger partial charge in [0.25, 0.3) is 0 Å². The van der Waals surface area contributed by atoms with Gasteiger partial charge in [0.2, 0.25) is 0 Å². The molecule has 0 saturated heterocycles. The van der Waals surface area contributed by atoms with Crippen LogP contribution in [0.2, 0.25) is 0 Å². The molecule has 1 N–H and O–H groups in total. The third-order valence-electron chi connectivity index (χ3n) is 4.42. The van der Waals surface area contributed by atoms with E-state index in [1.165, 1.54) is 16.8 Å². The van der Waals surface area contributed by atoms with E-state index in [9.17, 15) is 0 Å². The van der Waals surface area contributed by atoms with Crippen LogP contribution in [0.1, 0.15) is 28.6 Å². The van der Waals surface area contributed by atoms with Crippen LogP contribution in [0.5, 0.6) is 5.75 Å². The second kappa shape index (κ2) is 7.62. The van der Waals surface area contributed by atoms with E-state index in [1.807, 2.05) is 23.9 Å². The average Bonchev–Trinajstić information content (AvgIpc) is 2.77. The van der Waals surface area contributed by atoms with Crippen molar-refractivity contribution in [3.63, 3.8) is 0 Å². The molecule has 1 unspecified atom stereocenters. The van der Waals surface area contributed by atoms with Crippen molar-refractivity contribution >= 4 is 0 Å². The quantitative estimate of drug-likeness (QED) is 0.852. The predicted octanol–water partition coefficient (Wildman–Crippen LogP) is 2.44. The van der Waals surface area contributed by atoms with E-state index >= 15 is 0 Å². The maximum atomic E-state index is 5.24. The van der Waals surface area contributed by atoms with Crippen LogP contribution >= 0.6 is 0 Å². The summed E-state index contributed by atoms with van der Waals surface area (Å²) < 4.78 is 7.18. The van der Waals surface area contributed by atoms with Crippen LogP contribution in [0.4, 0.5) is 0 Å². The van der Waals surface area contributed by atoms with Gasteiger partial charge in [-0.05, 0) is 45.6 Å². The topological polar surface area (TPSA) is 42.3 Å². The summed E-state index contributed by atoms with van der Waals surface area (Å²) >= 11 is 0. The van der Waals surface area contributed by atoms with Crippen molar-refractivity contribution in [2.24, 2.45) is 7.05 Å². The first-order valence-electron chi connectivity index (χ1n) is 7.94. The zero-order valence-corrected chi connectivity index (χ0v) is 15.1.